The Morgan fingerprint density at radius 3 is 2.05 bits per heavy atom. The predicted octanol–water partition coefficient (Wildman–Crippen LogP) is 7.98. The maximum Gasteiger partial charge on any atom is 0.346 e. The number of hydrogen-bond acceptors (Lipinski definition) is 9. The second kappa shape index (κ2) is 11.9. The highest BCUT2D eigenvalue weighted by molar-refractivity contribution is 7.73. The third kappa shape index (κ3) is 6.35. The first-order valence-corrected chi connectivity index (χ1v) is 17.7. The number of benzene rings is 2. The molecule has 12 heteroatoms. The molecule has 0 N–H and O–H groups in total. The van der Waals surface area contributed by atoms with Crippen LogP contribution in [0.5, 0.6) is 0 Å². The zero-order valence-corrected chi connectivity index (χ0v) is 26.2. The minimum absolute atomic E-state index is 0.0576. The number of Topliss-reactive ketones (excluding diaryl/α,β-unsaturated/α-hetero) is 1. The summed E-state index contributed by atoms with van der Waals surface area (Å²) in [7, 11) is -7.91. The molecule has 3 heterocycles. The second-order valence-corrected chi connectivity index (χ2v) is 16.5. The van der Waals surface area contributed by atoms with Gasteiger partial charge in [-0.3, -0.25) is 13.9 Å². The molecular formula is C29H34FNO7P2S. The number of carbonyl (C=O) groups is 1. The van der Waals surface area contributed by atoms with Crippen LogP contribution in [0.3, 0.4) is 0 Å². The molecule has 0 radical (unpaired) electrons. The fourth-order valence-corrected chi connectivity index (χ4v) is 11.9. The Balaban J connectivity index is 1.36. The monoisotopic (exact) mass is 621 g/mol. The highest BCUT2D eigenvalue weighted by Gasteiger charge is 2.59. The van der Waals surface area contributed by atoms with Crippen LogP contribution in [-0.4, -0.2) is 40.6 Å². The maximum atomic E-state index is 14.9. The smallest absolute Gasteiger partial charge is 0.302 e. The van der Waals surface area contributed by atoms with Crippen LogP contribution in [0.15, 0.2) is 48.5 Å². The predicted molar refractivity (Wildman–Crippen MR) is 156 cm³/mol. The molecule has 2 aliphatic rings. The Morgan fingerprint density at radius 2 is 1.49 bits per heavy atom. The van der Waals surface area contributed by atoms with Crippen molar-refractivity contribution >= 4 is 32.3 Å². The molecule has 0 spiro atoms. The molecule has 0 bridgehead atoms. The van der Waals surface area contributed by atoms with Crippen LogP contribution in [0.1, 0.15) is 60.6 Å². The number of rotatable bonds is 9. The van der Waals surface area contributed by atoms with Crippen molar-refractivity contribution in [3.63, 3.8) is 0 Å². The molecule has 4 atom stereocenters. The van der Waals surface area contributed by atoms with Gasteiger partial charge in [0.05, 0.1) is 35.7 Å². The van der Waals surface area contributed by atoms with E-state index >= 15 is 0 Å². The molecule has 41 heavy (non-hydrogen) atoms. The van der Waals surface area contributed by atoms with Crippen molar-refractivity contribution in [1.29, 1.82) is 0 Å². The number of aromatic nitrogens is 1. The molecule has 8 nitrogen and oxygen atoms in total. The Morgan fingerprint density at radius 1 is 0.927 bits per heavy atom. The number of hydrogen-bond donors (Lipinski definition) is 0. The van der Waals surface area contributed by atoms with E-state index < -0.39 is 50.8 Å². The summed E-state index contributed by atoms with van der Waals surface area (Å²) >= 11 is 1.55. The first-order valence-electron chi connectivity index (χ1n) is 13.6. The van der Waals surface area contributed by atoms with Crippen LogP contribution in [0, 0.1) is 12.7 Å². The maximum absolute atomic E-state index is 14.9. The average Bonchev–Trinajstić information content (AvgIpc) is 3.53. The third-order valence-electron chi connectivity index (χ3n) is 7.56. The van der Waals surface area contributed by atoms with E-state index in [9.17, 15) is 18.3 Å². The van der Waals surface area contributed by atoms with Gasteiger partial charge < -0.3 is 18.1 Å². The summed E-state index contributed by atoms with van der Waals surface area (Å²) < 4.78 is 65.6. The number of ketones is 1. The summed E-state index contributed by atoms with van der Waals surface area (Å²) in [6, 6.07) is 13.9. The van der Waals surface area contributed by atoms with E-state index in [0.29, 0.717) is 12.0 Å². The van der Waals surface area contributed by atoms with E-state index in [0.717, 1.165) is 21.1 Å². The van der Waals surface area contributed by atoms with Gasteiger partial charge in [-0.1, -0.05) is 36.4 Å². The molecule has 0 amide bonds. The van der Waals surface area contributed by atoms with Gasteiger partial charge in [-0.2, -0.15) is 0 Å². The zero-order chi connectivity index (χ0) is 29.5. The number of carbonyl (C=O) groups excluding carboxylic acids is 1. The highest BCUT2D eigenvalue weighted by atomic mass is 32.1. The van der Waals surface area contributed by atoms with Crippen molar-refractivity contribution in [2.75, 3.05) is 0 Å². The largest absolute Gasteiger partial charge is 0.346 e. The van der Waals surface area contributed by atoms with Crippen LogP contribution in [0.25, 0.3) is 10.6 Å². The molecule has 0 aliphatic carbocycles. The molecule has 1 aromatic heterocycles. The normalized spacial score (nSPS) is 30.5. The van der Waals surface area contributed by atoms with E-state index in [1.807, 2.05) is 37.3 Å². The summed E-state index contributed by atoms with van der Waals surface area (Å²) in [5.41, 5.74) is 2.15. The van der Waals surface area contributed by atoms with E-state index in [1.165, 1.54) is 18.2 Å². The lowest BCUT2D eigenvalue weighted by Gasteiger charge is -2.26. The fraction of sp³-hybridized carbons (Fsp3) is 0.448. The van der Waals surface area contributed by atoms with Crippen molar-refractivity contribution in [3.05, 3.63) is 76.0 Å². The molecule has 2 aromatic carbocycles. The molecule has 220 valence electrons. The Kier molecular flexibility index (Phi) is 8.85. The number of thiazole rings is 1. The quantitative estimate of drug-likeness (QED) is 0.175. The van der Waals surface area contributed by atoms with Crippen molar-refractivity contribution < 1.29 is 36.4 Å². The van der Waals surface area contributed by atoms with E-state index in [2.05, 4.69) is 0 Å². The Labute approximate surface area is 243 Å². The summed E-state index contributed by atoms with van der Waals surface area (Å²) in [5.74, 6) is -1.06. The minimum atomic E-state index is -3.96. The first kappa shape index (κ1) is 30.4. The molecule has 2 saturated heterocycles. The Hall–Kier alpha value is -2.03. The van der Waals surface area contributed by atoms with Crippen LogP contribution in [0.2, 0.25) is 0 Å². The van der Waals surface area contributed by atoms with Gasteiger partial charge in [-0.25, -0.2) is 9.37 Å². The topological polar surface area (TPSA) is 101 Å². The second-order valence-electron chi connectivity index (χ2n) is 10.6. The molecule has 3 aromatic rings. The lowest BCUT2D eigenvalue weighted by Crippen LogP contribution is -2.16. The number of nitrogens with zero attached hydrogens (tertiary/aromatic N) is 1. The summed E-state index contributed by atoms with van der Waals surface area (Å²) in [4.78, 5) is 18.9. The van der Waals surface area contributed by atoms with Gasteiger partial charge in [0, 0.05) is 16.9 Å². The molecule has 2 aliphatic heterocycles. The summed E-state index contributed by atoms with van der Waals surface area (Å²) in [6.45, 7) is 8.85. The first-order chi connectivity index (χ1) is 19.4. The number of halogens is 1. The Bertz CT molecular complexity index is 1460. The van der Waals surface area contributed by atoms with Crippen molar-refractivity contribution in [2.24, 2.45) is 0 Å². The van der Waals surface area contributed by atoms with Gasteiger partial charge in [0.15, 0.2) is 11.2 Å². The van der Waals surface area contributed by atoms with Crippen molar-refractivity contribution in [1.82, 2.24) is 4.98 Å². The standard InChI is InChI=1S/C29H34FNO7P2S/c1-17-18(2)36-39(33,35-17)28(40(34)37-19(3)20(4)38-40)16-22-11-12-25(30)24(15-22)27(32)14-13-26-21(5)41-29(31-26)23-9-7-6-8-10-23/h6-12,15,17-20,28H,13-14,16H2,1-5H3. The molecule has 0 saturated carbocycles. The van der Waals surface area contributed by atoms with Crippen molar-refractivity contribution in [2.45, 2.75) is 83.7 Å². The van der Waals surface area contributed by atoms with Crippen LogP contribution < -0.4 is 0 Å². The average molecular weight is 622 g/mol. The van der Waals surface area contributed by atoms with Gasteiger partial charge in [0.2, 0.25) is 0 Å². The zero-order valence-electron chi connectivity index (χ0n) is 23.6. The van der Waals surface area contributed by atoms with Crippen molar-refractivity contribution in [3.8, 4) is 10.6 Å². The van der Waals surface area contributed by atoms with E-state index in [-0.39, 0.29) is 24.2 Å². The van der Waals surface area contributed by atoms with Gasteiger partial charge in [-0.05, 0) is 65.2 Å². The SMILES string of the molecule is Cc1sc(-c2ccccc2)nc1CCC(=O)c1cc(CC(P2(=O)OC(C)C(C)O2)P2(=O)OC(C)C(C)O2)ccc1F. The van der Waals surface area contributed by atoms with Gasteiger partial charge in [0.25, 0.3) is 0 Å². The van der Waals surface area contributed by atoms with Gasteiger partial charge >= 0.3 is 15.2 Å². The minimum Gasteiger partial charge on any atom is -0.302 e. The molecule has 5 rings (SSSR count). The summed E-state index contributed by atoms with van der Waals surface area (Å²) in [6.07, 6.45) is -1.66. The van der Waals surface area contributed by atoms with E-state index in [4.69, 9.17) is 23.1 Å². The van der Waals surface area contributed by atoms with Gasteiger partial charge in [0.1, 0.15) is 10.8 Å². The molecular weight excluding hydrogens is 587 g/mol. The van der Waals surface area contributed by atoms with Crippen LogP contribution >= 0.6 is 26.5 Å². The van der Waals surface area contributed by atoms with Crippen LogP contribution in [-0.2, 0) is 40.1 Å². The lowest BCUT2D eigenvalue weighted by atomic mass is 10.0. The van der Waals surface area contributed by atoms with Gasteiger partial charge in [-0.15, -0.1) is 11.3 Å². The van der Waals surface area contributed by atoms with E-state index in [1.54, 1.807) is 39.0 Å². The highest BCUT2D eigenvalue weighted by Crippen LogP contribution is 2.76. The fourth-order valence-electron chi connectivity index (χ4n) is 4.85. The molecule has 2 fully saturated rings. The molecule has 4 unspecified atom stereocenters. The number of aryl methyl sites for hydroxylation is 2. The lowest BCUT2D eigenvalue weighted by molar-refractivity contribution is 0.0978. The third-order valence-corrected chi connectivity index (χ3v) is 14.6. The summed E-state index contributed by atoms with van der Waals surface area (Å²) in [5, 5.41) is -0.397. The van der Waals surface area contributed by atoms with Crippen LogP contribution in [0.4, 0.5) is 4.39 Å².